The number of hydrogen-bond donors (Lipinski definition) is 2. The smallest absolute Gasteiger partial charge is 0.252 e. The van der Waals surface area contributed by atoms with Crippen molar-refractivity contribution < 1.29 is 9.59 Å². The highest BCUT2D eigenvalue weighted by Gasteiger charge is 2.15. The molecule has 1 aromatic heterocycles. The van der Waals surface area contributed by atoms with Crippen molar-refractivity contribution in [2.45, 2.75) is 19.9 Å². The Labute approximate surface area is 156 Å². The summed E-state index contributed by atoms with van der Waals surface area (Å²) in [6.07, 6.45) is 0.792. The number of pyridine rings is 1. The lowest BCUT2D eigenvalue weighted by Gasteiger charge is -2.14. The molecule has 27 heavy (non-hydrogen) atoms. The number of aromatic nitrogens is 1. The third-order valence-electron chi connectivity index (χ3n) is 4.46. The van der Waals surface area contributed by atoms with Crippen LogP contribution in [0.4, 0.5) is 5.69 Å². The van der Waals surface area contributed by atoms with Crippen LogP contribution < -0.4 is 16.2 Å². The summed E-state index contributed by atoms with van der Waals surface area (Å²) in [7, 11) is 1.52. The zero-order valence-corrected chi connectivity index (χ0v) is 15.3. The summed E-state index contributed by atoms with van der Waals surface area (Å²) < 4.78 is 1.38. The van der Waals surface area contributed by atoms with E-state index in [0.717, 1.165) is 17.7 Å². The van der Waals surface area contributed by atoms with Crippen LogP contribution in [0, 0.1) is 0 Å². The Morgan fingerprint density at radius 2 is 1.74 bits per heavy atom. The molecule has 2 N–H and O–H groups in total. The average molecular weight is 363 g/mol. The fourth-order valence-corrected chi connectivity index (χ4v) is 3.10. The molecule has 2 amide bonds. The van der Waals surface area contributed by atoms with Gasteiger partial charge in [-0.25, -0.2) is 0 Å². The second-order valence-corrected chi connectivity index (χ2v) is 6.14. The van der Waals surface area contributed by atoms with E-state index in [-0.39, 0.29) is 18.4 Å². The van der Waals surface area contributed by atoms with Crippen molar-refractivity contribution in [3.63, 3.8) is 0 Å². The van der Waals surface area contributed by atoms with Gasteiger partial charge < -0.3 is 10.6 Å². The fourth-order valence-electron chi connectivity index (χ4n) is 3.10. The maximum absolute atomic E-state index is 12.6. The number of hydrogen-bond acceptors (Lipinski definition) is 3. The van der Waals surface area contributed by atoms with E-state index in [0.29, 0.717) is 16.5 Å². The second-order valence-electron chi connectivity index (χ2n) is 6.14. The highest BCUT2D eigenvalue weighted by atomic mass is 16.2. The molecule has 138 valence electrons. The number of nitrogens with zero attached hydrogens (tertiary/aromatic N) is 1. The van der Waals surface area contributed by atoms with Crippen LogP contribution in [-0.4, -0.2) is 23.4 Å². The van der Waals surface area contributed by atoms with Crippen LogP contribution in [-0.2, 0) is 17.8 Å². The summed E-state index contributed by atoms with van der Waals surface area (Å²) in [6, 6.07) is 15.9. The van der Waals surface area contributed by atoms with E-state index in [1.807, 2.05) is 31.2 Å². The number of fused-ring (bicyclic) bond motifs is 1. The van der Waals surface area contributed by atoms with Crippen LogP contribution >= 0.6 is 0 Å². The molecule has 6 heteroatoms. The zero-order valence-electron chi connectivity index (χ0n) is 15.3. The second kappa shape index (κ2) is 7.86. The lowest BCUT2D eigenvalue weighted by molar-refractivity contribution is -0.116. The maximum atomic E-state index is 12.6. The third kappa shape index (κ3) is 3.74. The molecule has 1 heterocycles. The van der Waals surface area contributed by atoms with Crippen LogP contribution in [0.5, 0.6) is 0 Å². The largest absolute Gasteiger partial charge is 0.355 e. The standard InChI is InChI=1S/C21H21N3O3/c1-3-14-8-4-6-10-17(14)23-19(25)13-24-18-11-7-5-9-15(18)16(12-20(24)26)21(27)22-2/h4-12H,3,13H2,1-2H3,(H,22,27)(H,23,25). The van der Waals surface area contributed by atoms with E-state index in [9.17, 15) is 14.4 Å². The summed E-state index contributed by atoms with van der Waals surface area (Å²) in [5.41, 5.74) is 2.21. The predicted octanol–water partition coefficient (Wildman–Crippen LogP) is 2.56. The molecule has 0 fully saturated rings. The highest BCUT2D eigenvalue weighted by Crippen LogP contribution is 2.18. The van der Waals surface area contributed by atoms with Gasteiger partial charge in [0.05, 0.1) is 11.1 Å². The van der Waals surface area contributed by atoms with E-state index in [4.69, 9.17) is 0 Å². The first kappa shape index (κ1) is 18.4. The first-order valence-electron chi connectivity index (χ1n) is 8.77. The summed E-state index contributed by atoms with van der Waals surface area (Å²) in [6.45, 7) is 1.88. The molecular formula is C21H21N3O3. The molecule has 0 radical (unpaired) electrons. The minimum Gasteiger partial charge on any atom is -0.355 e. The molecule has 0 aliphatic heterocycles. The molecule has 0 saturated heterocycles. The summed E-state index contributed by atoms with van der Waals surface area (Å²) in [4.78, 5) is 37.2. The van der Waals surface area contributed by atoms with Gasteiger partial charge in [-0.3, -0.25) is 19.0 Å². The molecule has 3 rings (SSSR count). The molecule has 0 aliphatic carbocycles. The summed E-state index contributed by atoms with van der Waals surface area (Å²) >= 11 is 0. The van der Waals surface area contributed by atoms with Crippen molar-refractivity contribution in [2.75, 3.05) is 12.4 Å². The first-order valence-corrected chi connectivity index (χ1v) is 8.77. The van der Waals surface area contributed by atoms with Crippen molar-refractivity contribution in [2.24, 2.45) is 0 Å². The van der Waals surface area contributed by atoms with Crippen LogP contribution in [0.2, 0.25) is 0 Å². The SMILES string of the molecule is CCc1ccccc1NC(=O)Cn1c(=O)cc(C(=O)NC)c2ccccc21. The van der Waals surface area contributed by atoms with Crippen molar-refractivity contribution in [1.82, 2.24) is 9.88 Å². The quantitative estimate of drug-likeness (QED) is 0.731. The minimum atomic E-state index is -0.397. The van der Waals surface area contributed by atoms with Gasteiger partial charge in [-0.2, -0.15) is 0 Å². The van der Waals surface area contributed by atoms with Gasteiger partial charge in [-0.05, 0) is 24.1 Å². The van der Waals surface area contributed by atoms with Crippen LogP contribution in [0.15, 0.2) is 59.4 Å². The molecule has 0 unspecified atom stereocenters. The Bertz CT molecular complexity index is 1070. The highest BCUT2D eigenvalue weighted by molar-refractivity contribution is 6.06. The Kier molecular flexibility index (Phi) is 5.35. The van der Waals surface area contributed by atoms with E-state index >= 15 is 0 Å². The van der Waals surface area contributed by atoms with Crippen molar-refractivity contribution in [3.8, 4) is 0 Å². The van der Waals surface area contributed by atoms with Crippen LogP contribution in [0.3, 0.4) is 0 Å². The number of aryl methyl sites for hydroxylation is 1. The molecular weight excluding hydrogens is 342 g/mol. The van der Waals surface area contributed by atoms with Crippen molar-refractivity contribution >= 4 is 28.4 Å². The van der Waals surface area contributed by atoms with E-state index < -0.39 is 5.56 Å². The predicted molar refractivity (Wildman–Crippen MR) is 106 cm³/mol. The molecule has 0 bridgehead atoms. The van der Waals surface area contributed by atoms with E-state index in [1.54, 1.807) is 24.3 Å². The van der Waals surface area contributed by atoms with E-state index in [2.05, 4.69) is 10.6 Å². The van der Waals surface area contributed by atoms with Crippen LogP contribution in [0.1, 0.15) is 22.8 Å². The molecule has 0 saturated carbocycles. The molecule has 0 aliphatic rings. The molecule has 0 atom stereocenters. The zero-order chi connectivity index (χ0) is 19.4. The normalized spacial score (nSPS) is 10.6. The third-order valence-corrected chi connectivity index (χ3v) is 4.46. The Morgan fingerprint density at radius 1 is 1.04 bits per heavy atom. The van der Waals surface area contributed by atoms with Crippen LogP contribution in [0.25, 0.3) is 10.9 Å². The Hall–Kier alpha value is -3.41. The number of anilines is 1. The summed E-state index contributed by atoms with van der Waals surface area (Å²) in [5, 5.41) is 6.04. The number of nitrogens with one attached hydrogen (secondary N) is 2. The number of rotatable bonds is 5. The van der Waals surface area contributed by atoms with Gasteiger partial charge in [0.15, 0.2) is 0 Å². The number of para-hydroxylation sites is 2. The van der Waals surface area contributed by atoms with Gasteiger partial charge in [0.1, 0.15) is 6.54 Å². The Morgan fingerprint density at radius 3 is 2.48 bits per heavy atom. The van der Waals surface area contributed by atoms with Gasteiger partial charge in [0.2, 0.25) is 5.91 Å². The monoisotopic (exact) mass is 363 g/mol. The van der Waals surface area contributed by atoms with Crippen molar-refractivity contribution in [1.29, 1.82) is 0 Å². The van der Waals surface area contributed by atoms with Crippen molar-refractivity contribution in [3.05, 3.63) is 76.1 Å². The fraction of sp³-hybridized carbons (Fsp3) is 0.190. The molecule has 0 spiro atoms. The van der Waals surface area contributed by atoms with Gasteiger partial charge >= 0.3 is 0 Å². The number of carbonyl (C=O) groups excluding carboxylic acids is 2. The maximum Gasteiger partial charge on any atom is 0.252 e. The average Bonchev–Trinajstić information content (AvgIpc) is 2.69. The minimum absolute atomic E-state index is 0.134. The summed E-state index contributed by atoms with van der Waals surface area (Å²) in [5.74, 6) is -0.632. The number of benzene rings is 2. The first-order chi connectivity index (χ1) is 13.0. The lowest BCUT2D eigenvalue weighted by Crippen LogP contribution is -2.30. The van der Waals surface area contributed by atoms with Gasteiger partial charge in [-0.1, -0.05) is 43.3 Å². The lowest BCUT2D eigenvalue weighted by atomic mass is 10.1. The Balaban J connectivity index is 1.98. The van der Waals surface area contributed by atoms with Gasteiger partial charge in [0.25, 0.3) is 11.5 Å². The molecule has 2 aromatic carbocycles. The number of carbonyl (C=O) groups is 2. The topological polar surface area (TPSA) is 80.2 Å². The van der Waals surface area contributed by atoms with Gasteiger partial charge in [0, 0.05) is 24.2 Å². The number of amides is 2. The van der Waals surface area contributed by atoms with Gasteiger partial charge in [-0.15, -0.1) is 0 Å². The molecule has 6 nitrogen and oxygen atoms in total. The molecule has 3 aromatic rings. The van der Waals surface area contributed by atoms with E-state index in [1.165, 1.54) is 17.7 Å².